The van der Waals surface area contributed by atoms with Crippen LogP contribution in [0.15, 0.2) is 85.0 Å². The Bertz CT molecular complexity index is 1650. The summed E-state index contributed by atoms with van der Waals surface area (Å²) in [7, 11) is 0. The average Bonchev–Trinajstić information content (AvgIpc) is 3.48. The molecule has 0 radical (unpaired) electrons. The van der Waals surface area contributed by atoms with Crippen molar-refractivity contribution < 1.29 is 28.7 Å². The van der Waals surface area contributed by atoms with E-state index in [0.29, 0.717) is 25.7 Å². The number of aryl methyl sites for hydroxylation is 2. The number of benzene rings is 2. The first kappa shape index (κ1) is 48.7. The van der Waals surface area contributed by atoms with Gasteiger partial charge in [0.05, 0.1) is 11.1 Å². The van der Waals surface area contributed by atoms with Crippen molar-refractivity contribution in [3.63, 3.8) is 0 Å². The zero-order valence-electron chi connectivity index (χ0n) is 36.1. The van der Waals surface area contributed by atoms with Crippen molar-refractivity contribution >= 4 is 23.0 Å². The van der Waals surface area contributed by atoms with E-state index < -0.39 is 0 Å². The summed E-state index contributed by atoms with van der Waals surface area (Å²) in [6.45, 7) is 20.7. The van der Waals surface area contributed by atoms with Gasteiger partial charge >= 0.3 is 64.8 Å². The molecule has 1 aliphatic rings. The molecule has 2 aromatic rings. The van der Waals surface area contributed by atoms with Crippen molar-refractivity contribution in [3.05, 3.63) is 124 Å². The average molecular weight is 806 g/mol. The van der Waals surface area contributed by atoms with E-state index in [2.05, 4.69) is 89.4 Å². The molecule has 3 rings (SSSR count). The minimum atomic E-state index is 0.194. The summed E-state index contributed by atoms with van der Waals surface area (Å²) in [4.78, 5) is 25.1. The van der Waals surface area contributed by atoms with Gasteiger partial charge in [-0.1, -0.05) is 102 Å². The van der Waals surface area contributed by atoms with Crippen LogP contribution in [-0.4, -0.2) is 16.3 Å². The predicted molar refractivity (Wildman–Crippen MR) is 238 cm³/mol. The van der Waals surface area contributed by atoms with Gasteiger partial charge in [0, 0.05) is 36.8 Å². The first-order chi connectivity index (χ1) is 27.2. The van der Waals surface area contributed by atoms with Gasteiger partial charge in [0.25, 0.3) is 0 Å². The number of allylic oxidation sites excluding steroid dienone is 6. The van der Waals surface area contributed by atoms with E-state index in [-0.39, 0.29) is 11.6 Å². The fraction of sp³-hybridized carbons (Fsp3) is 0.529. The predicted octanol–water partition coefficient (Wildman–Crippen LogP) is 15.0. The van der Waals surface area contributed by atoms with Crippen LogP contribution in [0.5, 0.6) is 0 Å². The molecule has 2 aromatic carbocycles. The molecule has 310 valence electrons. The van der Waals surface area contributed by atoms with Gasteiger partial charge in [-0.3, -0.25) is 9.59 Å². The van der Waals surface area contributed by atoms with Crippen molar-refractivity contribution in [2.24, 2.45) is 0 Å². The Morgan fingerprint density at radius 2 is 1.16 bits per heavy atom. The fourth-order valence-electron chi connectivity index (χ4n) is 6.71. The number of unbranched alkanes of at least 4 members (excludes halogenated alkanes) is 6. The molecular formula is C51H74N2NiO2. The fourth-order valence-corrected chi connectivity index (χ4v) is 8.15. The molecule has 56 heavy (non-hydrogen) atoms. The molecule has 0 saturated heterocycles. The van der Waals surface area contributed by atoms with E-state index in [1.165, 1.54) is 47.6 Å². The molecule has 0 atom stereocenters. The number of Topliss-reactive ketones (excluding diaryl/α,β-unsaturated/α-hetero) is 2. The molecule has 0 N–H and O–H groups in total. The number of nitrogens with zero attached hydrogens (tertiary/aromatic N) is 2. The SMILES string of the molecule is C=CCCc1ccc(CC(=O)CC)cc1C1=C(C=CCCC)C(CCCCCC)=C(c2cc(CC(=O)CC)ccc2CCC=C)[N+]1=[N-].CCC[CH2][Ni][CH2]CCC. The molecule has 0 amide bonds. The van der Waals surface area contributed by atoms with Gasteiger partial charge < -0.3 is 5.53 Å². The van der Waals surface area contributed by atoms with Crippen LogP contribution in [0, 0.1) is 0 Å². The summed E-state index contributed by atoms with van der Waals surface area (Å²) < 4.78 is 1.43. The summed E-state index contributed by atoms with van der Waals surface area (Å²) in [6, 6.07) is 12.6. The topological polar surface area (TPSA) is 59.5 Å². The van der Waals surface area contributed by atoms with Crippen molar-refractivity contribution in [2.75, 3.05) is 0 Å². The Morgan fingerprint density at radius 1 is 0.643 bits per heavy atom. The Hall–Kier alpha value is -3.43. The normalized spacial score (nSPS) is 12.8. The van der Waals surface area contributed by atoms with Crippen LogP contribution in [-0.2, 0) is 49.7 Å². The van der Waals surface area contributed by atoms with Crippen LogP contribution < -0.4 is 0 Å². The molecular weight excluding hydrogens is 731 g/mol. The molecule has 0 saturated carbocycles. The van der Waals surface area contributed by atoms with Gasteiger partial charge in [0.15, 0.2) is 0 Å². The van der Waals surface area contributed by atoms with Crippen molar-refractivity contribution in [2.45, 2.75) is 174 Å². The Kier molecular flexibility index (Phi) is 25.1. The number of rotatable bonds is 28. The van der Waals surface area contributed by atoms with E-state index in [1.54, 1.807) is 0 Å². The molecule has 0 fully saturated rings. The van der Waals surface area contributed by atoms with E-state index in [4.69, 9.17) is 0 Å². The second-order valence-corrected chi connectivity index (χ2v) is 16.3. The number of hydrogen-bond donors (Lipinski definition) is 0. The van der Waals surface area contributed by atoms with Gasteiger partial charge in [-0.05, 0) is 79.3 Å². The van der Waals surface area contributed by atoms with Gasteiger partial charge in [0.2, 0.25) is 11.4 Å². The van der Waals surface area contributed by atoms with Crippen LogP contribution in [0.3, 0.4) is 0 Å². The zero-order valence-corrected chi connectivity index (χ0v) is 37.1. The number of carbonyl (C=O) groups is 2. The second-order valence-electron chi connectivity index (χ2n) is 14.9. The quantitative estimate of drug-likeness (QED) is 0.0372. The van der Waals surface area contributed by atoms with E-state index in [0.717, 1.165) is 120 Å². The Labute approximate surface area is 348 Å². The molecule has 0 spiro atoms. The third-order valence-corrected chi connectivity index (χ3v) is 11.5. The van der Waals surface area contributed by atoms with Crippen LogP contribution in [0.1, 0.15) is 171 Å². The van der Waals surface area contributed by atoms with E-state index in [9.17, 15) is 15.1 Å². The van der Waals surface area contributed by atoms with E-state index in [1.807, 2.05) is 40.4 Å². The molecule has 0 aromatic heterocycles. The zero-order chi connectivity index (χ0) is 41.1. The van der Waals surface area contributed by atoms with E-state index >= 15 is 0 Å². The van der Waals surface area contributed by atoms with Gasteiger partial charge in [-0.15, -0.1) is 13.2 Å². The number of hydrogen-bond acceptors (Lipinski definition) is 2. The van der Waals surface area contributed by atoms with Crippen LogP contribution >= 0.6 is 0 Å². The molecule has 1 heterocycles. The van der Waals surface area contributed by atoms with Gasteiger partial charge in [-0.25, -0.2) is 4.70 Å². The minimum absolute atomic E-state index is 0.194. The monoisotopic (exact) mass is 805 g/mol. The maximum atomic E-state index is 12.6. The molecule has 0 unspecified atom stereocenters. The third kappa shape index (κ3) is 16.2. The second kappa shape index (κ2) is 28.9. The third-order valence-electron chi connectivity index (χ3n) is 10.1. The van der Waals surface area contributed by atoms with Crippen molar-refractivity contribution in [1.82, 2.24) is 0 Å². The van der Waals surface area contributed by atoms with Gasteiger partial charge in [0.1, 0.15) is 11.6 Å². The van der Waals surface area contributed by atoms with Crippen molar-refractivity contribution in [1.29, 1.82) is 0 Å². The Balaban J connectivity index is 0.00000107. The molecule has 5 heteroatoms. The first-order valence-electron chi connectivity index (χ1n) is 21.8. The maximum absolute atomic E-state index is 12.6. The molecule has 0 bridgehead atoms. The van der Waals surface area contributed by atoms with Crippen LogP contribution in [0.2, 0.25) is 10.8 Å². The molecule has 1 aliphatic heterocycles. The van der Waals surface area contributed by atoms with Crippen LogP contribution in [0.4, 0.5) is 0 Å². The summed E-state index contributed by atoms with van der Waals surface area (Å²) in [5.41, 5.74) is 22.3. The summed E-state index contributed by atoms with van der Waals surface area (Å²) in [6.07, 6.45) is 26.0. The summed E-state index contributed by atoms with van der Waals surface area (Å²) in [5, 5.41) is 2.78. The Morgan fingerprint density at radius 3 is 1.62 bits per heavy atom. The first-order valence-corrected chi connectivity index (χ1v) is 23.2. The molecule has 4 nitrogen and oxygen atoms in total. The number of ketones is 2. The van der Waals surface area contributed by atoms with Crippen LogP contribution in [0.25, 0.3) is 16.9 Å². The summed E-state index contributed by atoms with van der Waals surface area (Å²) in [5.74, 6) is 0.392. The number of carbonyl (C=O) groups excluding carboxylic acids is 2. The standard InChI is InChI=1S/C43H56N2O2.2C4H9.Ni/c1-7-13-17-19-23-39-38(22-18-14-8-2)42(40-30-32(28-36(46)11-5)24-26-34(40)20-15-9-3)45(44)43(39)41-31-33(29-37(47)12-6)25-27-35(41)21-16-10-4;2*1-3-4-2;/h9-10,18,22,24-27,30-31H,3-4,7-8,11-17,19-21,23,28-29H2,1-2,5-6H3;2*1,3-4H2,2H3;. The van der Waals surface area contributed by atoms with Gasteiger partial charge in [-0.2, -0.15) is 0 Å². The summed E-state index contributed by atoms with van der Waals surface area (Å²) >= 11 is 1.94. The van der Waals surface area contributed by atoms with Crippen molar-refractivity contribution in [3.8, 4) is 0 Å². The molecule has 0 aliphatic carbocycles.